The average molecular weight is 231 g/mol. The van der Waals surface area contributed by atoms with Crippen molar-refractivity contribution >= 4 is 11.9 Å². The summed E-state index contributed by atoms with van der Waals surface area (Å²) in [6.45, 7) is 0.469. The van der Waals surface area contributed by atoms with E-state index in [4.69, 9.17) is 5.41 Å². The maximum absolute atomic E-state index is 11.2. The lowest BCUT2D eigenvalue weighted by Crippen LogP contribution is -2.37. The van der Waals surface area contributed by atoms with Crippen molar-refractivity contribution in [2.24, 2.45) is 5.29 Å². The van der Waals surface area contributed by atoms with Gasteiger partial charge in [0.1, 0.15) is 6.04 Å². The third kappa shape index (κ3) is 5.91. The van der Waals surface area contributed by atoms with Gasteiger partial charge in [-0.25, -0.2) is 5.43 Å². The Bertz CT molecular complexity index is 246. The highest BCUT2D eigenvalue weighted by Crippen LogP contribution is 1.97. The van der Waals surface area contributed by atoms with E-state index < -0.39 is 0 Å². The summed E-state index contributed by atoms with van der Waals surface area (Å²) in [6.07, 6.45) is 1.24. The van der Waals surface area contributed by atoms with Crippen LogP contribution in [0.4, 0.5) is 0 Å². The minimum atomic E-state index is -0.349. The predicted molar refractivity (Wildman–Crippen MR) is 58.8 cm³/mol. The normalized spacial score (nSPS) is 11.4. The first kappa shape index (κ1) is 14.3. The third-order valence-corrected chi connectivity index (χ3v) is 1.96. The van der Waals surface area contributed by atoms with Crippen molar-refractivity contribution in [1.29, 1.82) is 5.41 Å². The molecule has 92 valence electrons. The molecule has 0 aromatic heterocycles. The van der Waals surface area contributed by atoms with E-state index in [-0.39, 0.29) is 18.0 Å². The molecule has 0 rings (SSSR count). The van der Waals surface area contributed by atoms with E-state index in [1.54, 1.807) is 7.05 Å². The summed E-state index contributed by atoms with van der Waals surface area (Å²) in [6, 6.07) is -0.349. The zero-order valence-electron chi connectivity index (χ0n) is 9.37. The van der Waals surface area contributed by atoms with Crippen LogP contribution in [-0.4, -0.2) is 38.7 Å². The molecule has 0 unspecified atom stereocenters. The van der Waals surface area contributed by atoms with Crippen molar-refractivity contribution in [2.45, 2.75) is 18.9 Å². The Morgan fingerprint density at radius 1 is 1.56 bits per heavy atom. The van der Waals surface area contributed by atoms with Gasteiger partial charge in [-0.1, -0.05) is 0 Å². The van der Waals surface area contributed by atoms with E-state index >= 15 is 0 Å². The highest BCUT2D eigenvalue weighted by molar-refractivity contribution is 5.76. The van der Waals surface area contributed by atoms with E-state index in [0.29, 0.717) is 19.4 Å². The molecule has 0 aromatic rings. The molecule has 0 aromatic carbocycles. The minimum absolute atomic E-state index is 0.158. The lowest BCUT2D eigenvalue weighted by atomic mass is 10.1. The number of nitrogens with zero attached hydrogens (tertiary/aromatic N) is 1. The van der Waals surface area contributed by atoms with Crippen LogP contribution >= 0.6 is 0 Å². The van der Waals surface area contributed by atoms with Gasteiger partial charge in [0.2, 0.25) is 5.96 Å². The molecule has 0 bridgehead atoms. The van der Waals surface area contributed by atoms with Crippen LogP contribution in [0.15, 0.2) is 5.29 Å². The van der Waals surface area contributed by atoms with Crippen LogP contribution in [0.1, 0.15) is 12.8 Å². The summed E-state index contributed by atoms with van der Waals surface area (Å²) < 4.78 is 4.59. The maximum Gasteiger partial charge on any atom is 0.322 e. The Kier molecular flexibility index (Phi) is 7.68. The van der Waals surface area contributed by atoms with Gasteiger partial charge in [-0.15, -0.1) is 4.91 Å². The van der Waals surface area contributed by atoms with Gasteiger partial charge in [-0.3, -0.25) is 10.2 Å². The fraction of sp³-hybridized carbons (Fsp3) is 0.750. The molecule has 0 aliphatic heterocycles. The minimum Gasteiger partial charge on any atom is -0.468 e. The number of methoxy groups -OCH3 is 1. The molecule has 4 N–H and O–H groups in total. The van der Waals surface area contributed by atoms with E-state index in [9.17, 15) is 9.70 Å². The number of carbonyl (C=O) groups is 1. The highest BCUT2D eigenvalue weighted by Gasteiger charge is 2.15. The Hall–Kier alpha value is -1.70. The molecular formula is C8H17N5O3. The van der Waals surface area contributed by atoms with E-state index in [1.165, 1.54) is 7.11 Å². The van der Waals surface area contributed by atoms with Crippen LogP contribution < -0.4 is 16.1 Å². The molecular weight excluding hydrogens is 214 g/mol. The summed E-state index contributed by atoms with van der Waals surface area (Å²) in [5.74, 6) is -0.473. The van der Waals surface area contributed by atoms with Gasteiger partial charge >= 0.3 is 5.97 Å². The molecule has 0 aliphatic rings. The topological polar surface area (TPSA) is 116 Å². The first-order chi connectivity index (χ1) is 7.65. The van der Waals surface area contributed by atoms with Gasteiger partial charge in [-0.05, 0) is 19.9 Å². The van der Waals surface area contributed by atoms with Gasteiger partial charge < -0.3 is 15.4 Å². The average Bonchev–Trinajstić information content (AvgIpc) is 2.28. The number of likely N-dealkylation sites (N-methyl/N-ethyl adjacent to an activating group) is 1. The quantitative estimate of drug-likeness (QED) is 0.115. The number of esters is 1. The molecule has 0 radical (unpaired) electrons. The zero-order valence-corrected chi connectivity index (χ0v) is 9.37. The standard InChI is InChI=1S/C8H17N5O3/c1-10-6(7(14)16-2)4-3-5-11-8(9)12-13-15/h6,10H,3-5H2,1-2H3,(H3,9,11,12,15)/t6-/m0/s1. The van der Waals surface area contributed by atoms with E-state index in [0.717, 1.165) is 0 Å². The smallest absolute Gasteiger partial charge is 0.322 e. The van der Waals surface area contributed by atoms with Crippen molar-refractivity contribution < 1.29 is 9.53 Å². The Balaban J connectivity index is 3.67. The monoisotopic (exact) mass is 231 g/mol. The summed E-state index contributed by atoms with van der Waals surface area (Å²) in [5.41, 5.74) is 1.92. The van der Waals surface area contributed by atoms with Gasteiger partial charge in [0.05, 0.1) is 12.4 Å². The van der Waals surface area contributed by atoms with Crippen molar-refractivity contribution in [3.63, 3.8) is 0 Å². The fourth-order valence-corrected chi connectivity index (χ4v) is 1.13. The number of rotatable bonds is 7. The first-order valence-corrected chi connectivity index (χ1v) is 4.81. The number of carbonyl (C=O) groups excluding carboxylic acids is 1. The van der Waals surface area contributed by atoms with Gasteiger partial charge in [0.25, 0.3) is 0 Å². The summed E-state index contributed by atoms with van der Waals surface area (Å²) in [7, 11) is 3.01. The van der Waals surface area contributed by atoms with Gasteiger partial charge in [0.15, 0.2) is 0 Å². The largest absolute Gasteiger partial charge is 0.468 e. The van der Waals surface area contributed by atoms with Gasteiger partial charge in [-0.2, -0.15) is 0 Å². The van der Waals surface area contributed by atoms with Crippen molar-refractivity contribution in [1.82, 2.24) is 16.1 Å². The first-order valence-electron chi connectivity index (χ1n) is 4.81. The van der Waals surface area contributed by atoms with Crippen molar-refractivity contribution in [2.75, 3.05) is 20.7 Å². The van der Waals surface area contributed by atoms with Crippen LogP contribution in [0, 0.1) is 10.3 Å². The summed E-state index contributed by atoms with van der Waals surface area (Å²) in [5, 5.41) is 14.9. The maximum atomic E-state index is 11.2. The fourth-order valence-electron chi connectivity index (χ4n) is 1.13. The van der Waals surface area contributed by atoms with E-state index in [2.05, 4.69) is 20.7 Å². The molecule has 0 saturated heterocycles. The number of guanidine groups is 1. The van der Waals surface area contributed by atoms with E-state index in [1.807, 2.05) is 5.43 Å². The van der Waals surface area contributed by atoms with Crippen LogP contribution in [0.25, 0.3) is 0 Å². The Morgan fingerprint density at radius 2 is 2.25 bits per heavy atom. The molecule has 0 amide bonds. The molecule has 1 atom stereocenters. The Morgan fingerprint density at radius 3 is 2.75 bits per heavy atom. The lowest BCUT2D eigenvalue weighted by Gasteiger charge is -2.13. The predicted octanol–water partition coefficient (Wildman–Crippen LogP) is -0.677. The van der Waals surface area contributed by atoms with Gasteiger partial charge in [0, 0.05) is 6.54 Å². The summed E-state index contributed by atoms with van der Waals surface area (Å²) >= 11 is 0. The second kappa shape index (κ2) is 8.60. The number of nitroso groups, excluding NO2 is 1. The lowest BCUT2D eigenvalue weighted by molar-refractivity contribution is -0.143. The molecule has 8 heteroatoms. The molecule has 8 nitrogen and oxygen atoms in total. The molecule has 0 saturated carbocycles. The van der Waals surface area contributed by atoms with Crippen LogP contribution in [-0.2, 0) is 9.53 Å². The van der Waals surface area contributed by atoms with Crippen molar-refractivity contribution in [3.05, 3.63) is 4.91 Å². The molecule has 0 spiro atoms. The van der Waals surface area contributed by atoms with Crippen molar-refractivity contribution in [3.8, 4) is 0 Å². The van der Waals surface area contributed by atoms with Crippen LogP contribution in [0.3, 0.4) is 0 Å². The van der Waals surface area contributed by atoms with Crippen LogP contribution in [0.5, 0.6) is 0 Å². The highest BCUT2D eigenvalue weighted by atomic mass is 16.5. The second-order valence-corrected chi connectivity index (χ2v) is 3.01. The summed E-state index contributed by atoms with van der Waals surface area (Å²) in [4.78, 5) is 20.9. The number of nitrogens with one attached hydrogen (secondary N) is 4. The molecule has 16 heavy (non-hydrogen) atoms. The Labute approximate surface area is 93.6 Å². The zero-order chi connectivity index (χ0) is 12.4. The molecule has 0 heterocycles. The second-order valence-electron chi connectivity index (χ2n) is 3.01. The van der Waals surface area contributed by atoms with Crippen LogP contribution in [0.2, 0.25) is 0 Å². The molecule has 0 aliphatic carbocycles. The number of hydrogen-bond acceptors (Lipinski definition) is 6. The SMILES string of the molecule is CN[C@@H](CCCNC(=N)NN=O)C(=O)OC. The number of hydrogen-bond donors (Lipinski definition) is 4. The molecule has 0 fully saturated rings. The third-order valence-electron chi connectivity index (χ3n) is 1.96. The number of ether oxygens (including phenoxy) is 1.